The molecule has 0 radical (unpaired) electrons. The van der Waals surface area contributed by atoms with E-state index in [-0.39, 0.29) is 22.7 Å². The largest absolute Gasteiger partial charge is 0.492 e. The lowest BCUT2D eigenvalue weighted by atomic mass is 10.1. The highest BCUT2D eigenvalue weighted by molar-refractivity contribution is 8.13. The number of methoxy groups -OCH3 is 1. The van der Waals surface area contributed by atoms with E-state index in [1.807, 2.05) is 0 Å². The first-order valence-corrected chi connectivity index (χ1v) is 7.27. The van der Waals surface area contributed by atoms with Crippen LogP contribution in [0.25, 0.3) is 0 Å². The number of anilines is 1. The first-order valence-electron chi connectivity index (χ1n) is 6.29. The third kappa shape index (κ3) is 3.12. The fraction of sp³-hybridized carbons (Fsp3) is 0.429. The number of hydrogen-bond acceptors (Lipinski definition) is 4. The van der Waals surface area contributed by atoms with Gasteiger partial charge in [-0.3, -0.25) is 9.59 Å². The minimum Gasteiger partial charge on any atom is -0.492 e. The Bertz CT molecular complexity index is 535. The van der Waals surface area contributed by atoms with Crippen molar-refractivity contribution in [3.8, 4) is 5.75 Å². The maximum atomic E-state index is 13.7. The van der Waals surface area contributed by atoms with Crippen molar-refractivity contribution in [3.05, 3.63) is 24.0 Å². The van der Waals surface area contributed by atoms with E-state index in [4.69, 9.17) is 4.74 Å². The van der Waals surface area contributed by atoms with Gasteiger partial charge in [0.25, 0.3) is 0 Å². The summed E-state index contributed by atoms with van der Waals surface area (Å²) in [6.45, 7) is 1.99. The topological polar surface area (TPSA) is 46.6 Å². The van der Waals surface area contributed by atoms with Crippen molar-refractivity contribution in [2.75, 3.05) is 24.3 Å². The lowest BCUT2D eigenvalue weighted by Crippen LogP contribution is -2.25. The molecule has 1 amide bonds. The third-order valence-corrected chi connectivity index (χ3v) is 4.21. The molecule has 1 heterocycles. The number of amides is 1. The first kappa shape index (κ1) is 14.8. The molecule has 0 N–H and O–H groups in total. The summed E-state index contributed by atoms with van der Waals surface area (Å²) in [5, 5.41) is 0.0410. The SMILES string of the molecule is COc1c(F)cccc1N1CC(CSC(C)=O)CC1=O. The van der Waals surface area contributed by atoms with E-state index in [1.165, 1.54) is 36.8 Å². The summed E-state index contributed by atoms with van der Waals surface area (Å²) in [5.41, 5.74) is 0.452. The van der Waals surface area contributed by atoms with Crippen molar-refractivity contribution in [2.45, 2.75) is 13.3 Å². The average Bonchev–Trinajstić information content (AvgIpc) is 2.77. The second-order valence-corrected chi connectivity index (χ2v) is 5.87. The molecule has 108 valence electrons. The summed E-state index contributed by atoms with van der Waals surface area (Å²) in [5.74, 6) is 0.238. The molecule has 0 aromatic heterocycles. The van der Waals surface area contributed by atoms with E-state index in [0.29, 0.717) is 24.4 Å². The van der Waals surface area contributed by atoms with E-state index in [1.54, 1.807) is 12.1 Å². The van der Waals surface area contributed by atoms with Crippen LogP contribution in [0.2, 0.25) is 0 Å². The number of carbonyl (C=O) groups is 2. The standard InChI is InChI=1S/C14H16FNO3S/c1-9(17)20-8-10-6-13(18)16(7-10)12-5-3-4-11(15)14(12)19-2/h3-5,10H,6-8H2,1-2H3. The summed E-state index contributed by atoms with van der Waals surface area (Å²) in [4.78, 5) is 24.6. The molecule has 0 spiro atoms. The number of nitrogens with zero attached hydrogens (tertiary/aromatic N) is 1. The van der Waals surface area contributed by atoms with Gasteiger partial charge in [-0.25, -0.2) is 4.39 Å². The number of thioether (sulfide) groups is 1. The molecule has 1 atom stereocenters. The first-order chi connectivity index (χ1) is 9.52. The van der Waals surface area contributed by atoms with Crippen molar-refractivity contribution >= 4 is 28.5 Å². The van der Waals surface area contributed by atoms with Gasteiger partial charge in [-0.2, -0.15) is 0 Å². The van der Waals surface area contributed by atoms with Gasteiger partial charge in [-0.15, -0.1) is 0 Å². The quantitative estimate of drug-likeness (QED) is 0.856. The lowest BCUT2D eigenvalue weighted by molar-refractivity contribution is -0.117. The molecule has 1 fully saturated rings. The summed E-state index contributed by atoms with van der Waals surface area (Å²) in [7, 11) is 1.38. The Morgan fingerprint density at radius 3 is 2.95 bits per heavy atom. The fourth-order valence-electron chi connectivity index (χ4n) is 2.27. The highest BCUT2D eigenvalue weighted by atomic mass is 32.2. The van der Waals surface area contributed by atoms with Crippen molar-refractivity contribution in [1.82, 2.24) is 0 Å². The van der Waals surface area contributed by atoms with Gasteiger partial charge in [0.15, 0.2) is 16.7 Å². The number of rotatable bonds is 4. The molecule has 4 nitrogen and oxygen atoms in total. The molecule has 1 saturated heterocycles. The van der Waals surface area contributed by atoms with Crippen LogP contribution in [0.3, 0.4) is 0 Å². The Kier molecular flexibility index (Phi) is 4.65. The van der Waals surface area contributed by atoms with E-state index in [2.05, 4.69) is 0 Å². The fourth-order valence-corrected chi connectivity index (χ4v) is 2.97. The van der Waals surface area contributed by atoms with Crippen LogP contribution in [-0.2, 0) is 9.59 Å². The van der Waals surface area contributed by atoms with E-state index in [0.717, 1.165) is 0 Å². The Balaban J connectivity index is 2.16. The van der Waals surface area contributed by atoms with Crippen molar-refractivity contribution in [1.29, 1.82) is 0 Å². The highest BCUT2D eigenvalue weighted by Gasteiger charge is 2.32. The highest BCUT2D eigenvalue weighted by Crippen LogP contribution is 2.35. The van der Waals surface area contributed by atoms with Gasteiger partial charge in [0.05, 0.1) is 12.8 Å². The van der Waals surface area contributed by atoms with Gasteiger partial charge in [-0.05, 0) is 18.1 Å². The summed E-state index contributed by atoms with van der Waals surface area (Å²) < 4.78 is 18.7. The van der Waals surface area contributed by atoms with Crippen molar-refractivity contribution < 1.29 is 18.7 Å². The zero-order valence-corrected chi connectivity index (χ0v) is 12.2. The molecule has 2 rings (SSSR count). The van der Waals surface area contributed by atoms with Crippen LogP contribution in [0.5, 0.6) is 5.75 Å². The maximum absolute atomic E-state index is 13.7. The molecular formula is C14H16FNO3S. The van der Waals surface area contributed by atoms with Crippen LogP contribution in [0, 0.1) is 11.7 Å². The molecule has 0 aliphatic carbocycles. The predicted octanol–water partition coefficient (Wildman–Crippen LogP) is 2.47. The van der Waals surface area contributed by atoms with Crippen LogP contribution in [0.1, 0.15) is 13.3 Å². The molecule has 1 aromatic rings. The zero-order chi connectivity index (χ0) is 14.7. The van der Waals surface area contributed by atoms with Gasteiger partial charge in [-0.1, -0.05) is 17.8 Å². The van der Waals surface area contributed by atoms with E-state index < -0.39 is 5.82 Å². The van der Waals surface area contributed by atoms with E-state index in [9.17, 15) is 14.0 Å². The Morgan fingerprint density at radius 2 is 2.30 bits per heavy atom. The molecule has 1 unspecified atom stereocenters. The van der Waals surface area contributed by atoms with Gasteiger partial charge in [0.1, 0.15) is 0 Å². The Hall–Kier alpha value is -1.56. The molecule has 0 bridgehead atoms. The second kappa shape index (κ2) is 6.26. The molecular weight excluding hydrogens is 281 g/mol. The van der Waals surface area contributed by atoms with Crippen molar-refractivity contribution in [2.24, 2.45) is 5.92 Å². The smallest absolute Gasteiger partial charge is 0.227 e. The summed E-state index contributed by atoms with van der Waals surface area (Å²) in [6, 6.07) is 4.52. The van der Waals surface area contributed by atoms with E-state index >= 15 is 0 Å². The van der Waals surface area contributed by atoms with Gasteiger partial charge >= 0.3 is 0 Å². The van der Waals surface area contributed by atoms with Gasteiger partial charge < -0.3 is 9.64 Å². The third-order valence-electron chi connectivity index (χ3n) is 3.17. The molecule has 1 aliphatic heterocycles. The zero-order valence-electron chi connectivity index (χ0n) is 11.4. The van der Waals surface area contributed by atoms with Crippen LogP contribution in [0.4, 0.5) is 10.1 Å². The number of benzene rings is 1. The van der Waals surface area contributed by atoms with Crippen LogP contribution >= 0.6 is 11.8 Å². The van der Waals surface area contributed by atoms with Gasteiger partial charge in [0.2, 0.25) is 5.91 Å². The van der Waals surface area contributed by atoms with Gasteiger partial charge in [0, 0.05) is 25.6 Å². The number of carbonyl (C=O) groups excluding carboxylic acids is 2. The molecule has 0 saturated carbocycles. The Morgan fingerprint density at radius 1 is 1.55 bits per heavy atom. The Labute approximate surface area is 121 Å². The lowest BCUT2D eigenvalue weighted by Gasteiger charge is -2.19. The second-order valence-electron chi connectivity index (χ2n) is 4.67. The molecule has 6 heteroatoms. The van der Waals surface area contributed by atoms with Crippen molar-refractivity contribution in [3.63, 3.8) is 0 Å². The normalized spacial score (nSPS) is 18.4. The summed E-state index contributed by atoms with van der Waals surface area (Å²) >= 11 is 1.22. The van der Waals surface area contributed by atoms with Crippen LogP contribution in [0.15, 0.2) is 18.2 Å². The molecule has 1 aliphatic rings. The minimum atomic E-state index is -0.487. The summed E-state index contributed by atoms with van der Waals surface area (Å²) in [6.07, 6.45) is 0.375. The average molecular weight is 297 g/mol. The number of halogens is 1. The minimum absolute atomic E-state index is 0.0410. The predicted molar refractivity (Wildman–Crippen MR) is 76.6 cm³/mol. The monoisotopic (exact) mass is 297 g/mol. The number of ether oxygens (including phenoxy) is 1. The maximum Gasteiger partial charge on any atom is 0.227 e. The molecule has 1 aromatic carbocycles. The number of hydrogen-bond donors (Lipinski definition) is 0. The van der Waals surface area contributed by atoms with Crippen LogP contribution in [-0.4, -0.2) is 30.4 Å². The molecule has 20 heavy (non-hydrogen) atoms. The van der Waals surface area contributed by atoms with Crippen LogP contribution < -0.4 is 9.64 Å². The number of para-hydroxylation sites is 1.